The molecule has 0 aliphatic carbocycles. The van der Waals surface area contributed by atoms with E-state index >= 15 is 0 Å². The second-order valence-electron chi connectivity index (χ2n) is 15.0. The molecule has 9 rings (SSSR count). The molecule has 0 saturated carbocycles. The second kappa shape index (κ2) is 33.2. The van der Waals surface area contributed by atoms with Crippen molar-refractivity contribution in [2.24, 2.45) is 0 Å². The first-order valence-corrected chi connectivity index (χ1v) is 31.2. The van der Waals surface area contributed by atoms with Crippen LogP contribution in [0.25, 0.3) is 0 Å². The Morgan fingerprint density at radius 1 is 0.182 bits per heavy atom. The fraction of sp³-hybridized carbons (Fsp3) is 0. The van der Waals surface area contributed by atoms with Crippen LogP contribution in [0, 0.1) is 20.5 Å². The van der Waals surface area contributed by atoms with Crippen LogP contribution in [0.1, 0.15) is 0 Å². The van der Waals surface area contributed by atoms with Crippen molar-refractivity contribution < 1.29 is 85.4 Å². The third-order valence-electron chi connectivity index (χ3n) is 9.76. The fourth-order valence-corrected chi connectivity index (χ4v) is 14.5. The largest absolute Gasteiger partial charge is 2.00 e. The summed E-state index contributed by atoms with van der Waals surface area (Å²) in [5.74, 6) is 0. The van der Waals surface area contributed by atoms with E-state index in [1.54, 1.807) is 0 Å². The van der Waals surface area contributed by atoms with Gasteiger partial charge in [-0.05, 0) is 181 Å². The first kappa shape index (κ1) is 67.6. The quantitative estimate of drug-likeness (QED) is 0.113. The first-order valence-electron chi connectivity index (χ1n) is 21.3. The Kier molecular flexibility index (Phi) is 29.2. The van der Waals surface area contributed by atoms with Crippen molar-refractivity contribution in [1.82, 2.24) is 0 Å². The van der Waals surface area contributed by atoms with Gasteiger partial charge in [0.1, 0.15) is 0 Å². The molecule has 0 unspecified atom stereocenters. The molecular weight excluding hydrogens is 1460 g/mol. The standard InChI is InChI=1S/3C18H12Cl3P.2ClHO4.Hg/c3*19-13-1-7-16(8-2-13)22(17-9-3-14(20)4-10-17)18-11-5-15(21)6-12-18;2*2-1(3,4)5;/h3*1-12H;2*(H,2,3,4,5);/q;;;;;+2/p-2. The van der Waals surface area contributed by atoms with Gasteiger partial charge in [0.15, 0.2) is 0 Å². The average molecular weight is 1500 g/mol. The zero-order chi connectivity index (χ0) is 55.6. The summed E-state index contributed by atoms with van der Waals surface area (Å²) in [6.07, 6.45) is 0. The molecular formula is C54H36Cl11HgO8P3. The molecule has 0 bridgehead atoms. The summed E-state index contributed by atoms with van der Waals surface area (Å²) < 4.78 is 67.9. The number of hydrogen-bond acceptors (Lipinski definition) is 8. The van der Waals surface area contributed by atoms with E-state index < -0.39 is 44.3 Å². The maximum absolute atomic E-state index is 8.49. The summed E-state index contributed by atoms with van der Waals surface area (Å²) in [6.45, 7) is 0. The Balaban J connectivity index is 0.000000227. The molecule has 0 heterocycles. The van der Waals surface area contributed by atoms with Crippen LogP contribution >= 0.6 is 128 Å². The first-order chi connectivity index (χ1) is 35.9. The molecule has 0 amide bonds. The van der Waals surface area contributed by atoms with E-state index in [1.807, 2.05) is 109 Å². The molecule has 0 saturated heterocycles. The normalized spacial score (nSPS) is 10.9. The van der Waals surface area contributed by atoms with Gasteiger partial charge in [-0.2, -0.15) is 0 Å². The zero-order valence-corrected chi connectivity index (χ0v) is 55.8. The summed E-state index contributed by atoms with van der Waals surface area (Å²) >= 11 is 54.2. The SMILES string of the molecule is Clc1ccc(P(c2ccc(Cl)cc2)c2ccc(Cl)cc2)cc1.Clc1ccc(P(c2ccc(Cl)cc2)c2ccc(Cl)cc2)cc1.Clc1ccc(P(c2ccc(Cl)cc2)c2ccc(Cl)cc2)cc1.[Hg+2].[O-][Cl+3]([O-])([O-])[O-].[O-][Cl+3]([O-])([O-])[O-]. The summed E-state index contributed by atoms with van der Waals surface area (Å²) in [5, 5.41) is 17.8. The molecule has 0 aliphatic heterocycles. The average Bonchev–Trinajstić information content (AvgIpc) is 3.36. The zero-order valence-electron chi connectivity index (χ0n) is 39.3. The number of benzene rings is 9. The molecule has 8 nitrogen and oxygen atoms in total. The molecule has 0 radical (unpaired) electrons. The minimum atomic E-state index is -4.94. The van der Waals surface area contributed by atoms with Crippen molar-refractivity contribution in [1.29, 1.82) is 0 Å². The number of rotatable bonds is 9. The molecule has 9 aromatic rings. The van der Waals surface area contributed by atoms with Crippen LogP contribution in [0.2, 0.25) is 45.2 Å². The van der Waals surface area contributed by atoms with Gasteiger partial charge in [0.2, 0.25) is 0 Å². The van der Waals surface area contributed by atoms with Crippen molar-refractivity contribution in [3.05, 3.63) is 264 Å². The minimum absolute atomic E-state index is 0. The van der Waals surface area contributed by atoms with E-state index in [-0.39, 0.29) is 27.7 Å². The summed E-state index contributed by atoms with van der Waals surface area (Å²) in [7, 11) is -11.9. The Labute approximate surface area is 519 Å². The monoisotopic (exact) mass is 1490 g/mol. The summed E-state index contributed by atoms with van der Waals surface area (Å²) in [4.78, 5) is 0. The Morgan fingerprint density at radius 2 is 0.247 bits per heavy atom. The Morgan fingerprint density at radius 3 is 0.312 bits per heavy atom. The maximum atomic E-state index is 8.49. The van der Waals surface area contributed by atoms with E-state index in [1.165, 1.54) is 47.7 Å². The topological polar surface area (TPSA) is 184 Å². The number of hydrogen-bond donors (Lipinski definition) is 0. The predicted octanol–water partition coefficient (Wildman–Crippen LogP) is 6.70. The van der Waals surface area contributed by atoms with E-state index in [2.05, 4.69) is 109 Å². The van der Waals surface area contributed by atoms with Crippen LogP contribution in [0.4, 0.5) is 0 Å². The molecule has 0 atom stereocenters. The van der Waals surface area contributed by atoms with E-state index in [9.17, 15) is 0 Å². The van der Waals surface area contributed by atoms with E-state index in [4.69, 9.17) is 142 Å². The third-order valence-corrected chi connectivity index (χ3v) is 19.4. The van der Waals surface area contributed by atoms with Gasteiger partial charge in [0.25, 0.3) is 0 Å². The van der Waals surface area contributed by atoms with Gasteiger partial charge in [-0.1, -0.05) is 214 Å². The van der Waals surface area contributed by atoms with Crippen LogP contribution < -0.4 is 85.0 Å². The van der Waals surface area contributed by atoms with Crippen LogP contribution in [0.3, 0.4) is 0 Å². The fourth-order valence-electron chi connectivity index (χ4n) is 6.65. The van der Waals surface area contributed by atoms with Crippen molar-refractivity contribution in [2.75, 3.05) is 0 Å². The van der Waals surface area contributed by atoms with Gasteiger partial charge in [0, 0.05) is 45.2 Å². The number of halogens is 11. The smallest absolute Gasteiger partial charge is 0.222 e. The van der Waals surface area contributed by atoms with Gasteiger partial charge in [-0.15, -0.1) is 20.5 Å². The Hall–Kier alpha value is -1.92. The van der Waals surface area contributed by atoms with Gasteiger partial charge in [-0.3, -0.25) is 0 Å². The molecule has 0 aliphatic rings. The Bertz CT molecular complexity index is 2480. The molecule has 394 valence electrons. The molecule has 23 heteroatoms. The molecule has 9 aromatic carbocycles. The van der Waals surface area contributed by atoms with Crippen LogP contribution in [-0.4, -0.2) is 0 Å². The van der Waals surface area contributed by atoms with Gasteiger partial charge >= 0.3 is 27.7 Å². The van der Waals surface area contributed by atoms with Crippen LogP contribution in [0.5, 0.6) is 0 Å². The van der Waals surface area contributed by atoms with Gasteiger partial charge < -0.3 is 0 Å². The minimum Gasteiger partial charge on any atom is -0.222 e. The summed E-state index contributed by atoms with van der Waals surface area (Å²) in [5.41, 5.74) is 0. The molecule has 77 heavy (non-hydrogen) atoms. The molecule has 0 spiro atoms. The van der Waals surface area contributed by atoms with Crippen molar-refractivity contribution >= 4 is 176 Å². The van der Waals surface area contributed by atoms with Crippen molar-refractivity contribution in [3.63, 3.8) is 0 Å². The molecule has 0 N–H and O–H groups in total. The summed E-state index contributed by atoms with van der Waals surface area (Å²) in [6, 6.07) is 72.2. The maximum Gasteiger partial charge on any atom is 2.00 e. The second-order valence-corrected chi connectivity index (χ2v) is 27.1. The van der Waals surface area contributed by atoms with Crippen LogP contribution in [0.15, 0.2) is 218 Å². The molecule has 0 aromatic heterocycles. The van der Waals surface area contributed by atoms with Crippen LogP contribution in [-0.2, 0) is 27.7 Å². The van der Waals surface area contributed by atoms with Gasteiger partial charge in [-0.25, -0.2) is 37.3 Å². The van der Waals surface area contributed by atoms with E-state index in [0.29, 0.717) is 0 Å². The van der Waals surface area contributed by atoms with E-state index in [0.717, 1.165) is 45.2 Å². The van der Waals surface area contributed by atoms with Crippen molar-refractivity contribution in [2.45, 2.75) is 0 Å². The predicted molar refractivity (Wildman–Crippen MR) is 301 cm³/mol. The van der Waals surface area contributed by atoms with Gasteiger partial charge in [0.05, 0.1) is 0 Å². The third kappa shape index (κ3) is 25.0. The molecule has 0 fully saturated rings. The van der Waals surface area contributed by atoms with Crippen molar-refractivity contribution in [3.8, 4) is 0 Å².